The average molecular weight is 143 g/mol. The highest BCUT2D eigenvalue weighted by atomic mass is 32.2. The Kier molecular flexibility index (Phi) is 1.69. The van der Waals surface area contributed by atoms with E-state index in [1.807, 2.05) is 0 Å². The molecule has 1 fully saturated rings. The Hall–Kier alpha value is -0.200. The fourth-order valence-corrected chi connectivity index (χ4v) is 2.16. The Labute approximate surface area is 58.9 Å². The largest absolute Gasteiger partial charge is 0.391 e. The zero-order valence-corrected chi connectivity index (χ0v) is 6.11. The average Bonchev–Trinajstić information content (AvgIpc) is 2.15. The lowest BCUT2D eigenvalue weighted by Gasteiger charge is -2.16. The smallest absolute Gasteiger partial charge is 0.0902 e. The van der Waals surface area contributed by atoms with Crippen molar-refractivity contribution in [3.63, 3.8) is 0 Å². The van der Waals surface area contributed by atoms with Gasteiger partial charge in [0.25, 0.3) is 0 Å². The van der Waals surface area contributed by atoms with Gasteiger partial charge in [-0.2, -0.15) is 17.0 Å². The molecule has 1 N–H and O–H groups in total. The van der Waals surface area contributed by atoms with E-state index < -0.39 is 11.5 Å². The lowest BCUT2D eigenvalue weighted by Crippen LogP contribution is -2.28. The second-order valence-electron chi connectivity index (χ2n) is 2.56. The highest BCUT2D eigenvalue weighted by Gasteiger charge is 2.38. The van der Waals surface area contributed by atoms with Crippen LogP contribution in [0, 0.1) is 16.7 Å². The molecule has 1 heterocycles. The maximum absolute atomic E-state index is 9.20. The molecule has 50 valence electrons. The van der Waals surface area contributed by atoms with E-state index in [1.165, 1.54) is 0 Å². The Morgan fingerprint density at radius 1 is 1.89 bits per heavy atom. The maximum Gasteiger partial charge on any atom is 0.0902 e. The minimum Gasteiger partial charge on any atom is -0.391 e. The van der Waals surface area contributed by atoms with Crippen LogP contribution in [0.2, 0.25) is 0 Å². The van der Waals surface area contributed by atoms with Crippen molar-refractivity contribution >= 4 is 11.8 Å². The molecule has 9 heavy (non-hydrogen) atoms. The van der Waals surface area contributed by atoms with Crippen LogP contribution in [0.1, 0.15) is 6.92 Å². The molecular formula is C6H9NOS. The van der Waals surface area contributed by atoms with Gasteiger partial charge in [0.1, 0.15) is 0 Å². The third-order valence-electron chi connectivity index (χ3n) is 1.67. The number of hydrogen-bond acceptors (Lipinski definition) is 3. The van der Waals surface area contributed by atoms with Crippen molar-refractivity contribution < 1.29 is 5.11 Å². The molecule has 3 heteroatoms. The molecule has 0 aromatic heterocycles. The molecule has 0 unspecified atom stereocenters. The summed E-state index contributed by atoms with van der Waals surface area (Å²) < 4.78 is 0. The van der Waals surface area contributed by atoms with Gasteiger partial charge in [0.15, 0.2) is 0 Å². The summed E-state index contributed by atoms with van der Waals surface area (Å²) in [5.74, 6) is 1.48. The predicted molar refractivity (Wildman–Crippen MR) is 37.1 cm³/mol. The van der Waals surface area contributed by atoms with Gasteiger partial charge < -0.3 is 5.11 Å². The number of aliphatic hydroxyl groups excluding tert-OH is 1. The summed E-state index contributed by atoms with van der Waals surface area (Å²) in [5.41, 5.74) is -0.481. The fourth-order valence-electron chi connectivity index (χ4n) is 0.769. The molecule has 0 aromatic carbocycles. The van der Waals surface area contributed by atoms with Gasteiger partial charge in [-0.25, -0.2) is 0 Å². The molecule has 0 aliphatic carbocycles. The van der Waals surface area contributed by atoms with E-state index in [1.54, 1.807) is 18.7 Å². The van der Waals surface area contributed by atoms with Crippen LogP contribution in [0.15, 0.2) is 0 Å². The molecule has 0 radical (unpaired) electrons. The van der Waals surface area contributed by atoms with E-state index in [2.05, 4.69) is 6.07 Å². The minimum absolute atomic E-state index is 0.424. The van der Waals surface area contributed by atoms with Crippen LogP contribution in [-0.4, -0.2) is 22.7 Å². The van der Waals surface area contributed by atoms with Gasteiger partial charge in [0.2, 0.25) is 0 Å². The minimum atomic E-state index is -0.481. The lowest BCUT2D eigenvalue weighted by molar-refractivity contribution is 0.120. The summed E-state index contributed by atoms with van der Waals surface area (Å²) in [6, 6.07) is 2.12. The number of nitriles is 1. The van der Waals surface area contributed by atoms with Crippen molar-refractivity contribution in [2.45, 2.75) is 13.0 Å². The van der Waals surface area contributed by atoms with Crippen molar-refractivity contribution in [1.82, 2.24) is 0 Å². The van der Waals surface area contributed by atoms with Crippen LogP contribution in [0.5, 0.6) is 0 Å². The van der Waals surface area contributed by atoms with E-state index >= 15 is 0 Å². The number of rotatable bonds is 0. The van der Waals surface area contributed by atoms with E-state index in [-0.39, 0.29) is 0 Å². The van der Waals surface area contributed by atoms with Crippen LogP contribution in [0.4, 0.5) is 0 Å². The molecule has 0 aromatic rings. The van der Waals surface area contributed by atoms with Gasteiger partial charge >= 0.3 is 0 Å². The Balaban J connectivity index is 2.70. The third-order valence-corrected chi connectivity index (χ3v) is 3.02. The molecule has 0 saturated carbocycles. The number of aliphatic hydroxyl groups is 1. The lowest BCUT2D eigenvalue weighted by atomic mass is 9.90. The molecule has 0 bridgehead atoms. The summed E-state index contributed by atoms with van der Waals surface area (Å²) in [6.07, 6.45) is -0.424. The monoisotopic (exact) mass is 143 g/mol. The van der Waals surface area contributed by atoms with E-state index in [9.17, 15) is 5.11 Å². The molecule has 0 amide bonds. The number of thioether (sulfide) groups is 1. The fraction of sp³-hybridized carbons (Fsp3) is 0.833. The SMILES string of the molecule is C[C@@]1(C#N)CSC[C@H]1O. The van der Waals surface area contributed by atoms with E-state index in [0.29, 0.717) is 5.75 Å². The van der Waals surface area contributed by atoms with Gasteiger partial charge in [-0.3, -0.25) is 0 Å². The van der Waals surface area contributed by atoms with Gasteiger partial charge in [0, 0.05) is 11.5 Å². The summed E-state index contributed by atoms with van der Waals surface area (Å²) in [7, 11) is 0. The molecule has 1 aliphatic heterocycles. The normalized spacial score (nSPS) is 42.6. The second kappa shape index (κ2) is 2.20. The predicted octanol–water partition coefficient (Wildman–Crippen LogP) is 0.624. The number of hydrogen-bond donors (Lipinski definition) is 1. The van der Waals surface area contributed by atoms with Crippen molar-refractivity contribution in [2.75, 3.05) is 11.5 Å². The topological polar surface area (TPSA) is 44.0 Å². The van der Waals surface area contributed by atoms with Crippen LogP contribution in [0.25, 0.3) is 0 Å². The van der Waals surface area contributed by atoms with Crippen LogP contribution < -0.4 is 0 Å². The summed E-state index contributed by atoms with van der Waals surface area (Å²) in [5, 5.41) is 17.8. The first kappa shape index (κ1) is 6.91. The maximum atomic E-state index is 9.20. The van der Waals surface area contributed by atoms with Crippen molar-refractivity contribution in [1.29, 1.82) is 5.26 Å². The van der Waals surface area contributed by atoms with Crippen LogP contribution in [0.3, 0.4) is 0 Å². The van der Waals surface area contributed by atoms with Crippen LogP contribution >= 0.6 is 11.8 Å². The highest BCUT2D eigenvalue weighted by molar-refractivity contribution is 7.99. The zero-order chi connectivity index (χ0) is 6.91. The van der Waals surface area contributed by atoms with Crippen molar-refractivity contribution in [2.24, 2.45) is 5.41 Å². The first-order chi connectivity index (χ1) is 4.19. The summed E-state index contributed by atoms with van der Waals surface area (Å²) in [4.78, 5) is 0. The summed E-state index contributed by atoms with van der Waals surface area (Å²) >= 11 is 1.64. The first-order valence-electron chi connectivity index (χ1n) is 2.86. The molecule has 1 rings (SSSR count). The third kappa shape index (κ3) is 1.05. The van der Waals surface area contributed by atoms with Crippen LogP contribution in [-0.2, 0) is 0 Å². The standard InChI is InChI=1S/C6H9NOS/c1-6(3-7)4-9-2-5(6)8/h5,8H,2,4H2,1H3/t5-,6-/m1/s1. The molecule has 2 atom stereocenters. The van der Waals surface area contributed by atoms with Gasteiger partial charge in [-0.05, 0) is 6.92 Å². The zero-order valence-electron chi connectivity index (χ0n) is 5.29. The van der Waals surface area contributed by atoms with Gasteiger partial charge in [-0.15, -0.1) is 0 Å². The van der Waals surface area contributed by atoms with Gasteiger partial charge in [-0.1, -0.05) is 0 Å². The van der Waals surface area contributed by atoms with Crippen molar-refractivity contribution in [3.05, 3.63) is 0 Å². The Bertz CT molecular complexity index is 154. The summed E-state index contributed by atoms with van der Waals surface area (Å²) in [6.45, 7) is 1.80. The Morgan fingerprint density at radius 2 is 2.56 bits per heavy atom. The van der Waals surface area contributed by atoms with E-state index in [0.717, 1.165) is 5.75 Å². The second-order valence-corrected chi connectivity index (χ2v) is 3.59. The molecular weight excluding hydrogens is 134 g/mol. The van der Waals surface area contributed by atoms with Gasteiger partial charge in [0.05, 0.1) is 17.6 Å². The Morgan fingerprint density at radius 3 is 2.78 bits per heavy atom. The number of nitrogens with zero attached hydrogens (tertiary/aromatic N) is 1. The molecule has 1 saturated heterocycles. The highest BCUT2D eigenvalue weighted by Crippen LogP contribution is 2.34. The first-order valence-corrected chi connectivity index (χ1v) is 4.01. The molecule has 0 spiro atoms. The molecule has 1 aliphatic rings. The van der Waals surface area contributed by atoms with Crippen molar-refractivity contribution in [3.8, 4) is 6.07 Å². The van der Waals surface area contributed by atoms with E-state index in [4.69, 9.17) is 5.26 Å². The molecule has 2 nitrogen and oxygen atoms in total. The quantitative estimate of drug-likeness (QED) is 0.540.